The highest BCUT2D eigenvalue weighted by atomic mass is 32.2. The number of carbonyl (C=O) groups excluding carboxylic acids is 1. The van der Waals surface area contributed by atoms with E-state index in [-0.39, 0.29) is 10.1 Å². The zero-order valence-corrected chi connectivity index (χ0v) is 20.5. The van der Waals surface area contributed by atoms with Crippen molar-refractivity contribution in [3.63, 3.8) is 0 Å². The molecule has 4 aromatic rings. The molecule has 0 aliphatic carbocycles. The molecule has 5 rings (SSSR count). The maximum Gasteiger partial charge on any atom is 0.253 e. The number of sulfonamides is 1. The van der Waals surface area contributed by atoms with Crippen molar-refractivity contribution in [1.29, 1.82) is 0 Å². The van der Waals surface area contributed by atoms with E-state index in [0.717, 1.165) is 33.6 Å². The van der Waals surface area contributed by atoms with Crippen LogP contribution in [0.15, 0.2) is 64.2 Å². The summed E-state index contributed by atoms with van der Waals surface area (Å²) in [5.74, 6) is -0.293. The van der Waals surface area contributed by atoms with E-state index in [4.69, 9.17) is 4.98 Å². The lowest BCUT2D eigenvalue weighted by Crippen LogP contribution is -2.49. The van der Waals surface area contributed by atoms with Crippen LogP contribution in [0, 0.1) is 6.92 Å². The Bertz CT molecular complexity index is 1390. The summed E-state index contributed by atoms with van der Waals surface area (Å²) in [6, 6.07) is 16.3. The summed E-state index contributed by atoms with van der Waals surface area (Å²) in [6.07, 6.45) is 2.09. The molecule has 3 heterocycles. The number of fused-ring (bicyclic) bond motifs is 1. The number of hydrogen-bond donors (Lipinski definition) is 1. The molecule has 170 valence electrons. The number of aryl methyl sites for hydroxylation is 1. The molecule has 6 nitrogen and oxygen atoms in total. The predicted octanol–water partition coefficient (Wildman–Crippen LogP) is 5.52. The van der Waals surface area contributed by atoms with Crippen LogP contribution in [-0.2, 0) is 14.8 Å². The van der Waals surface area contributed by atoms with Gasteiger partial charge in [-0.1, -0.05) is 18.6 Å². The number of carbonyl (C=O) groups is 1. The maximum absolute atomic E-state index is 13.1. The first kappa shape index (κ1) is 22.2. The van der Waals surface area contributed by atoms with Gasteiger partial charge in [-0.15, -0.1) is 22.7 Å². The lowest BCUT2D eigenvalue weighted by Gasteiger charge is -2.33. The molecule has 2 aromatic carbocycles. The van der Waals surface area contributed by atoms with Crippen molar-refractivity contribution < 1.29 is 13.2 Å². The number of aromatic nitrogens is 1. The Kier molecular flexibility index (Phi) is 6.05. The Labute approximate surface area is 201 Å². The third-order valence-corrected chi connectivity index (χ3v) is 10.1. The van der Waals surface area contributed by atoms with Gasteiger partial charge in [-0.3, -0.25) is 4.79 Å². The lowest BCUT2D eigenvalue weighted by atomic mass is 10.0. The quantitative estimate of drug-likeness (QED) is 0.394. The highest BCUT2D eigenvalue weighted by molar-refractivity contribution is 7.91. The van der Waals surface area contributed by atoms with E-state index in [1.54, 1.807) is 28.8 Å². The van der Waals surface area contributed by atoms with Crippen molar-refractivity contribution in [3.8, 4) is 10.6 Å². The van der Waals surface area contributed by atoms with Crippen LogP contribution in [0.5, 0.6) is 0 Å². The summed E-state index contributed by atoms with van der Waals surface area (Å²) in [4.78, 5) is 17.8. The average Bonchev–Trinajstić information content (AvgIpc) is 3.50. The number of nitrogens with one attached hydrogen (secondary N) is 1. The van der Waals surface area contributed by atoms with Crippen molar-refractivity contribution in [2.24, 2.45) is 0 Å². The largest absolute Gasteiger partial charge is 0.325 e. The lowest BCUT2D eigenvalue weighted by molar-refractivity contribution is -0.120. The van der Waals surface area contributed by atoms with Crippen molar-refractivity contribution in [1.82, 2.24) is 9.29 Å². The number of piperidine rings is 1. The van der Waals surface area contributed by atoms with Gasteiger partial charge in [0.1, 0.15) is 15.3 Å². The molecule has 1 aliphatic rings. The van der Waals surface area contributed by atoms with Gasteiger partial charge in [0, 0.05) is 17.8 Å². The molecule has 0 saturated carbocycles. The first-order valence-electron chi connectivity index (χ1n) is 10.8. The van der Waals surface area contributed by atoms with Crippen LogP contribution < -0.4 is 5.32 Å². The van der Waals surface area contributed by atoms with Gasteiger partial charge in [0.05, 0.1) is 10.2 Å². The van der Waals surface area contributed by atoms with Gasteiger partial charge in [0.15, 0.2) is 0 Å². The number of hydrogen-bond acceptors (Lipinski definition) is 6. The Morgan fingerprint density at radius 2 is 1.94 bits per heavy atom. The Morgan fingerprint density at radius 3 is 2.70 bits per heavy atom. The van der Waals surface area contributed by atoms with E-state index >= 15 is 0 Å². The number of rotatable bonds is 5. The van der Waals surface area contributed by atoms with Crippen LogP contribution in [-0.4, -0.2) is 36.2 Å². The van der Waals surface area contributed by atoms with E-state index in [1.807, 2.05) is 30.3 Å². The molecule has 2 aromatic heterocycles. The van der Waals surface area contributed by atoms with Gasteiger partial charge in [-0.2, -0.15) is 4.31 Å². The van der Waals surface area contributed by atoms with Crippen LogP contribution in [0.2, 0.25) is 0 Å². The van der Waals surface area contributed by atoms with Crippen LogP contribution in [0.3, 0.4) is 0 Å². The fourth-order valence-electron chi connectivity index (χ4n) is 4.06. The minimum Gasteiger partial charge on any atom is -0.325 e. The minimum absolute atomic E-state index is 0.276. The van der Waals surface area contributed by atoms with Crippen LogP contribution in [0.25, 0.3) is 20.8 Å². The predicted molar refractivity (Wildman–Crippen MR) is 134 cm³/mol. The second-order valence-corrected chi connectivity index (χ2v) is 12.2. The van der Waals surface area contributed by atoms with Gasteiger partial charge >= 0.3 is 0 Å². The molecule has 0 radical (unpaired) electrons. The number of benzene rings is 2. The van der Waals surface area contributed by atoms with Crippen LogP contribution >= 0.6 is 22.7 Å². The summed E-state index contributed by atoms with van der Waals surface area (Å²) in [7, 11) is -3.68. The van der Waals surface area contributed by atoms with Gasteiger partial charge in [0.25, 0.3) is 10.0 Å². The summed E-state index contributed by atoms with van der Waals surface area (Å²) >= 11 is 2.81. The molecule has 0 bridgehead atoms. The third-order valence-electron chi connectivity index (χ3n) is 5.76. The molecule has 1 fully saturated rings. The fourth-order valence-corrected chi connectivity index (χ4v) is 7.90. The zero-order chi connectivity index (χ0) is 23.0. The minimum atomic E-state index is -3.68. The summed E-state index contributed by atoms with van der Waals surface area (Å²) in [5, 5.41) is 5.57. The second kappa shape index (κ2) is 8.98. The standard InChI is InChI=1S/C24H23N3O3S3/c1-16-7-12-19-21(15-16)32-24(26-19)17-8-10-18(11-9-17)25-23(28)20-5-2-3-13-27(20)33(29,30)22-6-4-14-31-22/h4,6-12,14-15,20H,2-3,5,13H2,1H3,(H,25,28). The van der Waals surface area contributed by atoms with Gasteiger partial charge in [-0.05, 0) is 73.2 Å². The second-order valence-electron chi connectivity index (χ2n) is 8.12. The Morgan fingerprint density at radius 1 is 1.12 bits per heavy atom. The van der Waals surface area contributed by atoms with E-state index in [2.05, 4.69) is 24.4 Å². The molecule has 1 saturated heterocycles. The van der Waals surface area contributed by atoms with E-state index < -0.39 is 16.1 Å². The number of thiophene rings is 1. The highest BCUT2D eigenvalue weighted by Gasteiger charge is 2.38. The van der Waals surface area contributed by atoms with Crippen LogP contribution in [0.4, 0.5) is 5.69 Å². The molecule has 1 aliphatic heterocycles. The molecule has 1 amide bonds. The summed E-state index contributed by atoms with van der Waals surface area (Å²) in [6.45, 7) is 2.42. The maximum atomic E-state index is 13.1. The molecular formula is C24H23N3O3S3. The fraction of sp³-hybridized carbons (Fsp3) is 0.250. The Balaban J connectivity index is 1.33. The third kappa shape index (κ3) is 4.46. The van der Waals surface area contributed by atoms with E-state index in [1.165, 1.54) is 21.2 Å². The number of thiazole rings is 1. The monoisotopic (exact) mass is 497 g/mol. The molecule has 1 unspecified atom stereocenters. The smallest absolute Gasteiger partial charge is 0.253 e. The van der Waals surface area contributed by atoms with E-state index in [0.29, 0.717) is 18.7 Å². The SMILES string of the molecule is Cc1ccc2nc(-c3ccc(NC(=O)C4CCCCN4S(=O)(=O)c4cccs4)cc3)sc2c1. The average molecular weight is 498 g/mol. The Hall–Kier alpha value is -2.59. The topological polar surface area (TPSA) is 79.4 Å². The highest BCUT2D eigenvalue weighted by Crippen LogP contribution is 2.32. The molecule has 9 heteroatoms. The molecule has 1 atom stereocenters. The van der Waals surface area contributed by atoms with Crippen molar-refractivity contribution in [2.45, 2.75) is 36.4 Å². The van der Waals surface area contributed by atoms with Gasteiger partial charge < -0.3 is 5.32 Å². The van der Waals surface area contributed by atoms with Crippen molar-refractivity contribution in [3.05, 3.63) is 65.5 Å². The molecule has 0 spiro atoms. The molecule has 33 heavy (non-hydrogen) atoms. The van der Waals surface area contributed by atoms with E-state index in [9.17, 15) is 13.2 Å². The zero-order valence-electron chi connectivity index (χ0n) is 18.0. The van der Waals surface area contributed by atoms with Crippen molar-refractivity contribution in [2.75, 3.05) is 11.9 Å². The molecule has 1 N–H and O–H groups in total. The van der Waals surface area contributed by atoms with Gasteiger partial charge in [0.2, 0.25) is 5.91 Å². The number of anilines is 1. The van der Waals surface area contributed by atoms with Crippen LogP contribution in [0.1, 0.15) is 24.8 Å². The first-order chi connectivity index (χ1) is 15.9. The normalized spacial score (nSPS) is 17.3. The van der Waals surface area contributed by atoms with Gasteiger partial charge in [-0.25, -0.2) is 13.4 Å². The number of nitrogens with zero attached hydrogens (tertiary/aromatic N) is 2. The first-order valence-corrected chi connectivity index (χ1v) is 13.9. The molecular weight excluding hydrogens is 474 g/mol. The summed E-state index contributed by atoms with van der Waals surface area (Å²) in [5.41, 5.74) is 3.79. The summed E-state index contributed by atoms with van der Waals surface area (Å²) < 4.78 is 28.9. The van der Waals surface area contributed by atoms with Crippen molar-refractivity contribution >= 4 is 54.5 Å². The number of amides is 1.